The van der Waals surface area contributed by atoms with Gasteiger partial charge in [-0.3, -0.25) is 0 Å². The molecule has 2 aromatic heterocycles. The molecule has 0 atom stereocenters. The predicted octanol–water partition coefficient (Wildman–Crippen LogP) is 4.24. The van der Waals surface area contributed by atoms with Crippen LogP contribution in [0.3, 0.4) is 0 Å². The van der Waals surface area contributed by atoms with Crippen molar-refractivity contribution in [1.29, 1.82) is 0 Å². The average molecular weight is 364 g/mol. The van der Waals surface area contributed by atoms with Crippen molar-refractivity contribution >= 4 is 32.7 Å². The maximum atomic E-state index is 13.0. The molecule has 0 bridgehead atoms. The van der Waals surface area contributed by atoms with Crippen LogP contribution in [-0.4, -0.2) is 19.3 Å². The van der Waals surface area contributed by atoms with Gasteiger partial charge in [0.1, 0.15) is 0 Å². The van der Waals surface area contributed by atoms with Crippen LogP contribution in [-0.2, 0) is 23.0 Å². The molecule has 1 aromatic carbocycles. The van der Waals surface area contributed by atoms with E-state index in [9.17, 15) is 8.42 Å². The van der Waals surface area contributed by atoms with Gasteiger partial charge in [-0.15, -0.1) is 22.7 Å². The Morgan fingerprint density at radius 2 is 1.48 bits per heavy atom. The second-order valence-corrected chi connectivity index (χ2v) is 9.06. The topological polar surface area (TPSA) is 37.4 Å². The summed E-state index contributed by atoms with van der Waals surface area (Å²) in [5, 5.41) is 3.99. The first-order valence-corrected chi connectivity index (χ1v) is 10.5. The molecule has 0 spiro atoms. The average Bonchev–Trinajstić information content (AvgIpc) is 3.25. The molecule has 0 fully saturated rings. The first-order valence-electron chi connectivity index (χ1n) is 7.26. The highest BCUT2D eigenvalue weighted by molar-refractivity contribution is 7.89. The van der Waals surface area contributed by atoms with Gasteiger partial charge in [0.15, 0.2) is 0 Å². The third kappa shape index (κ3) is 4.09. The van der Waals surface area contributed by atoms with Gasteiger partial charge >= 0.3 is 0 Å². The quantitative estimate of drug-likeness (QED) is 0.629. The minimum absolute atomic E-state index is 0.350. The van der Waals surface area contributed by atoms with Crippen molar-refractivity contribution in [3.05, 3.63) is 75.1 Å². The summed E-state index contributed by atoms with van der Waals surface area (Å²) in [6, 6.07) is 16.6. The summed E-state index contributed by atoms with van der Waals surface area (Å²) in [6.07, 6.45) is 0.731. The Balaban J connectivity index is 1.84. The van der Waals surface area contributed by atoms with Gasteiger partial charge < -0.3 is 0 Å². The molecule has 3 aromatic rings. The fraction of sp³-hybridized carbons (Fsp3) is 0.176. The van der Waals surface area contributed by atoms with Crippen molar-refractivity contribution in [3.63, 3.8) is 0 Å². The van der Waals surface area contributed by atoms with Crippen LogP contribution < -0.4 is 0 Å². The van der Waals surface area contributed by atoms with E-state index in [0.29, 0.717) is 18.0 Å². The highest BCUT2D eigenvalue weighted by atomic mass is 32.2. The number of benzene rings is 1. The Morgan fingerprint density at radius 1 is 0.826 bits per heavy atom. The molecule has 0 saturated carbocycles. The van der Waals surface area contributed by atoms with E-state index in [0.717, 1.165) is 11.3 Å². The smallest absolute Gasteiger partial charge is 0.207 e. The van der Waals surface area contributed by atoms with Crippen molar-refractivity contribution in [1.82, 2.24) is 4.31 Å². The normalized spacial score (nSPS) is 11.9. The zero-order valence-electron chi connectivity index (χ0n) is 12.5. The standard InChI is InChI=1S/C17H17NO2S3/c19-23(20,17-8-2-1-3-9-17)18(14-16-7-5-13-22-16)11-10-15-6-4-12-21-15/h1-9,12-13H,10-11,14H2. The van der Waals surface area contributed by atoms with Crippen LogP contribution in [0.1, 0.15) is 9.75 Å². The second kappa shape index (κ2) is 7.40. The summed E-state index contributed by atoms with van der Waals surface area (Å²) < 4.78 is 27.5. The largest absolute Gasteiger partial charge is 0.243 e. The first kappa shape index (κ1) is 16.4. The van der Waals surface area contributed by atoms with Gasteiger partial charge in [0.25, 0.3) is 0 Å². The molecule has 23 heavy (non-hydrogen) atoms. The number of sulfonamides is 1. The molecule has 0 aliphatic carbocycles. The molecular weight excluding hydrogens is 346 g/mol. The maximum absolute atomic E-state index is 13.0. The van der Waals surface area contributed by atoms with E-state index >= 15 is 0 Å². The highest BCUT2D eigenvalue weighted by Crippen LogP contribution is 2.21. The van der Waals surface area contributed by atoms with E-state index in [1.807, 2.05) is 41.1 Å². The van der Waals surface area contributed by atoms with Gasteiger partial charge in [-0.25, -0.2) is 8.42 Å². The molecular formula is C17H17NO2S3. The van der Waals surface area contributed by atoms with Crippen molar-refractivity contribution in [2.45, 2.75) is 17.9 Å². The van der Waals surface area contributed by atoms with Gasteiger partial charge in [0.05, 0.1) is 4.90 Å². The molecule has 2 heterocycles. The molecule has 0 aliphatic heterocycles. The second-order valence-electron chi connectivity index (χ2n) is 5.06. The van der Waals surface area contributed by atoms with E-state index in [4.69, 9.17) is 0 Å². The number of hydrogen-bond acceptors (Lipinski definition) is 4. The molecule has 0 saturated heterocycles. The molecule has 120 valence electrons. The number of nitrogens with zero attached hydrogens (tertiary/aromatic N) is 1. The summed E-state index contributed by atoms with van der Waals surface area (Å²) in [6.45, 7) is 0.899. The van der Waals surface area contributed by atoms with Crippen molar-refractivity contribution < 1.29 is 8.42 Å². The van der Waals surface area contributed by atoms with Crippen LogP contribution >= 0.6 is 22.7 Å². The number of hydrogen-bond donors (Lipinski definition) is 0. The van der Waals surface area contributed by atoms with E-state index in [2.05, 4.69) is 0 Å². The minimum atomic E-state index is -3.49. The molecule has 6 heteroatoms. The monoisotopic (exact) mass is 363 g/mol. The van der Waals surface area contributed by atoms with E-state index in [-0.39, 0.29) is 0 Å². The Kier molecular flexibility index (Phi) is 5.27. The van der Waals surface area contributed by atoms with Crippen LogP contribution in [0.4, 0.5) is 0 Å². The minimum Gasteiger partial charge on any atom is -0.207 e. The van der Waals surface area contributed by atoms with Gasteiger partial charge in [-0.1, -0.05) is 30.3 Å². The first-order chi connectivity index (χ1) is 11.2. The lowest BCUT2D eigenvalue weighted by Crippen LogP contribution is -2.32. The summed E-state index contributed by atoms with van der Waals surface area (Å²) in [5.41, 5.74) is 0. The Labute approximate surface area is 144 Å². The zero-order valence-corrected chi connectivity index (χ0v) is 14.9. The van der Waals surface area contributed by atoms with Crippen LogP contribution in [0.25, 0.3) is 0 Å². The molecule has 0 unspecified atom stereocenters. The molecule has 3 rings (SSSR count). The third-order valence-corrected chi connectivity index (χ3v) is 7.14. The van der Waals surface area contributed by atoms with Gasteiger partial charge in [0.2, 0.25) is 10.0 Å². The zero-order chi connectivity index (χ0) is 16.1. The summed E-state index contributed by atoms with van der Waals surface area (Å²) >= 11 is 3.24. The fourth-order valence-electron chi connectivity index (χ4n) is 2.29. The van der Waals surface area contributed by atoms with Crippen molar-refractivity contribution in [2.24, 2.45) is 0 Å². The van der Waals surface area contributed by atoms with E-state index < -0.39 is 10.0 Å². The van der Waals surface area contributed by atoms with Crippen LogP contribution in [0.15, 0.2) is 70.3 Å². The molecule has 0 N–H and O–H groups in total. The summed E-state index contributed by atoms with van der Waals surface area (Å²) in [7, 11) is -3.49. The van der Waals surface area contributed by atoms with Gasteiger partial charge in [-0.05, 0) is 41.4 Å². The third-order valence-electron chi connectivity index (χ3n) is 3.48. The number of thiophene rings is 2. The van der Waals surface area contributed by atoms with E-state index in [1.54, 1.807) is 51.2 Å². The predicted molar refractivity (Wildman–Crippen MR) is 96.4 cm³/mol. The molecule has 0 amide bonds. The molecule has 0 aliphatic rings. The van der Waals surface area contributed by atoms with Crippen molar-refractivity contribution in [3.8, 4) is 0 Å². The molecule has 0 radical (unpaired) electrons. The van der Waals surface area contributed by atoms with Crippen LogP contribution in [0.5, 0.6) is 0 Å². The van der Waals surface area contributed by atoms with Gasteiger partial charge in [0, 0.05) is 22.8 Å². The fourth-order valence-corrected chi connectivity index (χ4v) is 5.23. The van der Waals surface area contributed by atoms with Crippen molar-refractivity contribution in [2.75, 3.05) is 6.54 Å². The summed E-state index contributed by atoms with van der Waals surface area (Å²) in [4.78, 5) is 2.60. The lowest BCUT2D eigenvalue weighted by atomic mass is 10.3. The Bertz CT molecular complexity index is 810. The lowest BCUT2D eigenvalue weighted by Gasteiger charge is -2.21. The lowest BCUT2D eigenvalue weighted by molar-refractivity contribution is 0.413. The SMILES string of the molecule is O=S(=O)(c1ccccc1)N(CCc1cccs1)Cc1cccs1. The van der Waals surface area contributed by atoms with Crippen LogP contribution in [0, 0.1) is 0 Å². The summed E-state index contributed by atoms with van der Waals surface area (Å²) in [5.74, 6) is 0. The Hall–Kier alpha value is -1.47. The Morgan fingerprint density at radius 3 is 2.09 bits per heavy atom. The molecule has 3 nitrogen and oxygen atoms in total. The van der Waals surface area contributed by atoms with Crippen LogP contribution in [0.2, 0.25) is 0 Å². The maximum Gasteiger partial charge on any atom is 0.243 e. The number of rotatable bonds is 7. The highest BCUT2D eigenvalue weighted by Gasteiger charge is 2.24. The van der Waals surface area contributed by atoms with E-state index in [1.165, 1.54) is 4.88 Å². The van der Waals surface area contributed by atoms with Gasteiger partial charge in [-0.2, -0.15) is 4.31 Å².